The molecule has 1 saturated heterocycles. The predicted molar refractivity (Wildman–Crippen MR) is 82.7 cm³/mol. The van der Waals surface area contributed by atoms with Crippen LogP contribution in [0, 0.1) is 5.92 Å². The smallest absolute Gasteiger partial charge is 0.481 e. The third-order valence-electron chi connectivity index (χ3n) is 4.47. The fourth-order valence-electron chi connectivity index (χ4n) is 2.23. The Hall–Kier alpha value is -1.33. The number of hydrogen-bond acceptors (Lipinski definition) is 3. The van der Waals surface area contributed by atoms with Gasteiger partial charge >= 0.3 is 13.1 Å². The summed E-state index contributed by atoms with van der Waals surface area (Å²) < 4.78 is 12.0. The Morgan fingerprint density at radius 2 is 1.62 bits per heavy atom. The van der Waals surface area contributed by atoms with Crippen LogP contribution in [0.15, 0.2) is 24.3 Å². The average molecular weight is 290 g/mol. The Labute approximate surface area is 126 Å². The van der Waals surface area contributed by atoms with E-state index in [4.69, 9.17) is 14.4 Å². The van der Waals surface area contributed by atoms with Crippen molar-refractivity contribution in [1.82, 2.24) is 0 Å². The molecule has 2 rings (SSSR count). The lowest BCUT2D eigenvalue weighted by Crippen LogP contribution is -2.41. The van der Waals surface area contributed by atoms with E-state index in [0.717, 1.165) is 11.0 Å². The Balaban J connectivity index is 2.09. The maximum absolute atomic E-state index is 10.9. The van der Waals surface area contributed by atoms with Crippen molar-refractivity contribution in [3.05, 3.63) is 29.8 Å². The second-order valence-electron chi connectivity index (χ2n) is 6.77. The summed E-state index contributed by atoms with van der Waals surface area (Å²) in [5.74, 6) is -1.15. The molecule has 1 heterocycles. The molecule has 0 saturated carbocycles. The summed E-state index contributed by atoms with van der Waals surface area (Å²) in [7, 11) is -0.374. The minimum atomic E-state index is -0.773. The Bertz CT molecular complexity index is 506. The topological polar surface area (TPSA) is 55.8 Å². The van der Waals surface area contributed by atoms with Crippen molar-refractivity contribution in [2.24, 2.45) is 5.92 Å². The molecule has 0 aromatic heterocycles. The molecule has 4 nitrogen and oxygen atoms in total. The molecular formula is C16H23BO4. The molecule has 5 heteroatoms. The SMILES string of the molecule is C[C@@H](Cc1ccc(B2OC(C)(C)C(C)(C)O2)cc1)C(=O)O. The zero-order valence-corrected chi connectivity index (χ0v) is 13.3. The molecule has 1 N–H and O–H groups in total. The van der Waals surface area contributed by atoms with Gasteiger partial charge in [0.2, 0.25) is 0 Å². The van der Waals surface area contributed by atoms with E-state index in [9.17, 15) is 4.79 Å². The lowest BCUT2D eigenvalue weighted by molar-refractivity contribution is -0.141. The maximum Gasteiger partial charge on any atom is 0.494 e. The molecular weight excluding hydrogens is 267 g/mol. The molecule has 1 aliphatic rings. The fraction of sp³-hybridized carbons (Fsp3) is 0.562. The van der Waals surface area contributed by atoms with E-state index in [1.54, 1.807) is 6.92 Å². The van der Waals surface area contributed by atoms with E-state index in [-0.39, 0.29) is 24.2 Å². The Morgan fingerprint density at radius 3 is 2.05 bits per heavy atom. The van der Waals surface area contributed by atoms with Gasteiger partial charge in [0.05, 0.1) is 17.1 Å². The van der Waals surface area contributed by atoms with Gasteiger partial charge in [0.15, 0.2) is 0 Å². The number of carbonyl (C=O) groups is 1. The molecule has 0 aliphatic carbocycles. The summed E-state index contributed by atoms with van der Waals surface area (Å²) in [5, 5.41) is 8.95. The first kappa shape index (κ1) is 16.1. The molecule has 1 aromatic carbocycles. The average Bonchev–Trinajstić information content (AvgIpc) is 2.59. The number of benzene rings is 1. The minimum absolute atomic E-state index is 0.353. The van der Waals surface area contributed by atoms with Gasteiger partial charge in [0.25, 0.3) is 0 Å². The Morgan fingerprint density at radius 1 is 1.14 bits per heavy atom. The number of carboxylic acid groups (broad SMARTS) is 1. The van der Waals surface area contributed by atoms with Gasteiger partial charge in [0.1, 0.15) is 0 Å². The van der Waals surface area contributed by atoms with Crippen LogP contribution in [-0.4, -0.2) is 29.4 Å². The standard InChI is InChI=1S/C16H23BO4/c1-11(14(18)19)10-12-6-8-13(9-7-12)17-20-15(2,3)16(4,5)21-17/h6-9,11H,10H2,1-5H3,(H,18,19)/t11-/m0/s1. The fourth-order valence-corrected chi connectivity index (χ4v) is 2.23. The van der Waals surface area contributed by atoms with Gasteiger partial charge in [-0.25, -0.2) is 0 Å². The van der Waals surface area contributed by atoms with Crippen LogP contribution in [0.25, 0.3) is 0 Å². The van der Waals surface area contributed by atoms with Gasteiger partial charge in [-0.3, -0.25) is 4.79 Å². The summed E-state index contributed by atoms with van der Waals surface area (Å²) >= 11 is 0. The second kappa shape index (κ2) is 5.46. The highest BCUT2D eigenvalue weighted by Gasteiger charge is 2.51. The van der Waals surface area contributed by atoms with E-state index in [0.29, 0.717) is 6.42 Å². The largest absolute Gasteiger partial charge is 0.494 e. The monoisotopic (exact) mass is 290 g/mol. The molecule has 0 spiro atoms. The van der Waals surface area contributed by atoms with Gasteiger partial charge in [-0.1, -0.05) is 31.2 Å². The van der Waals surface area contributed by atoms with Gasteiger partial charge in [-0.2, -0.15) is 0 Å². The third-order valence-corrected chi connectivity index (χ3v) is 4.47. The normalized spacial score (nSPS) is 21.3. The van der Waals surface area contributed by atoms with Crippen LogP contribution in [-0.2, 0) is 20.5 Å². The van der Waals surface area contributed by atoms with Crippen molar-refractivity contribution in [2.45, 2.75) is 52.2 Å². The van der Waals surface area contributed by atoms with Crippen molar-refractivity contribution in [1.29, 1.82) is 0 Å². The quantitative estimate of drug-likeness (QED) is 0.864. The van der Waals surface area contributed by atoms with E-state index in [1.807, 2.05) is 52.0 Å². The predicted octanol–water partition coefficient (Wildman–Crippen LogP) is 2.25. The summed E-state index contributed by atoms with van der Waals surface area (Å²) in [6, 6.07) is 7.79. The molecule has 1 atom stereocenters. The van der Waals surface area contributed by atoms with E-state index >= 15 is 0 Å². The minimum Gasteiger partial charge on any atom is -0.481 e. The number of carboxylic acids is 1. The number of aliphatic carboxylic acids is 1. The van der Waals surface area contributed by atoms with Crippen molar-refractivity contribution >= 4 is 18.6 Å². The lowest BCUT2D eigenvalue weighted by Gasteiger charge is -2.32. The molecule has 0 unspecified atom stereocenters. The van der Waals surface area contributed by atoms with Crippen LogP contribution in [0.4, 0.5) is 0 Å². The van der Waals surface area contributed by atoms with E-state index in [1.165, 1.54) is 0 Å². The van der Waals surface area contributed by atoms with Gasteiger partial charge in [0, 0.05) is 0 Å². The lowest BCUT2D eigenvalue weighted by atomic mass is 9.78. The van der Waals surface area contributed by atoms with Crippen molar-refractivity contribution in [2.75, 3.05) is 0 Å². The van der Waals surface area contributed by atoms with Crippen LogP contribution in [0.2, 0.25) is 0 Å². The molecule has 114 valence electrons. The zero-order valence-electron chi connectivity index (χ0n) is 13.3. The number of hydrogen-bond donors (Lipinski definition) is 1. The first-order chi connectivity index (χ1) is 9.62. The van der Waals surface area contributed by atoms with Crippen LogP contribution < -0.4 is 5.46 Å². The first-order valence-electron chi connectivity index (χ1n) is 7.30. The summed E-state index contributed by atoms with van der Waals surface area (Å²) in [6.07, 6.45) is 0.527. The molecule has 0 radical (unpaired) electrons. The van der Waals surface area contributed by atoms with Crippen molar-refractivity contribution in [3.8, 4) is 0 Å². The molecule has 0 bridgehead atoms. The van der Waals surface area contributed by atoms with Gasteiger partial charge in [-0.05, 0) is 45.1 Å². The van der Waals surface area contributed by atoms with Crippen molar-refractivity contribution < 1.29 is 19.2 Å². The molecule has 0 amide bonds. The molecule has 21 heavy (non-hydrogen) atoms. The summed E-state index contributed by atoms with van der Waals surface area (Å²) in [6.45, 7) is 9.81. The summed E-state index contributed by atoms with van der Waals surface area (Å²) in [5.41, 5.74) is 1.26. The number of rotatable bonds is 4. The highest BCUT2D eigenvalue weighted by Crippen LogP contribution is 2.36. The summed E-state index contributed by atoms with van der Waals surface area (Å²) in [4.78, 5) is 10.9. The van der Waals surface area contributed by atoms with Gasteiger partial charge < -0.3 is 14.4 Å². The third kappa shape index (κ3) is 3.30. The highest BCUT2D eigenvalue weighted by atomic mass is 16.7. The first-order valence-corrected chi connectivity index (χ1v) is 7.30. The molecule has 1 fully saturated rings. The van der Waals surface area contributed by atoms with E-state index in [2.05, 4.69) is 0 Å². The van der Waals surface area contributed by atoms with Crippen LogP contribution in [0.3, 0.4) is 0 Å². The maximum atomic E-state index is 10.9. The van der Waals surface area contributed by atoms with Crippen molar-refractivity contribution in [3.63, 3.8) is 0 Å². The zero-order chi connectivity index (χ0) is 15.8. The highest BCUT2D eigenvalue weighted by molar-refractivity contribution is 6.62. The Kier molecular flexibility index (Phi) is 4.18. The van der Waals surface area contributed by atoms with E-state index < -0.39 is 5.97 Å². The van der Waals surface area contributed by atoms with Crippen LogP contribution in [0.1, 0.15) is 40.2 Å². The molecule has 1 aliphatic heterocycles. The van der Waals surface area contributed by atoms with Crippen LogP contribution >= 0.6 is 0 Å². The van der Waals surface area contributed by atoms with Crippen LogP contribution in [0.5, 0.6) is 0 Å². The second-order valence-corrected chi connectivity index (χ2v) is 6.77. The molecule has 1 aromatic rings. The van der Waals surface area contributed by atoms with Gasteiger partial charge in [-0.15, -0.1) is 0 Å².